The van der Waals surface area contributed by atoms with E-state index in [1.807, 2.05) is 0 Å². The maximum atomic E-state index is 11.3. The second-order valence-electron chi connectivity index (χ2n) is 3.39. The van der Waals surface area contributed by atoms with Crippen molar-refractivity contribution < 1.29 is 19.7 Å². The van der Waals surface area contributed by atoms with Crippen LogP contribution >= 0.6 is 0 Å². The molecule has 0 aliphatic heterocycles. The van der Waals surface area contributed by atoms with Crippen LogP contribution in [-0.4, -0.2) is 23.3 Å². The first-order chi connectivity index (χ1) is 6.49. The lowest BCUT2D eigenvalue weighted by Gasteiger charge is -2.23. The summed E-state index contributed by atoms with van der Waals surface area (Å²) in [6.07, 6.45) is 1.52. The number of aliphatic hydroxyl groups excluding tert-OH is 2. The summed E-state index contributed by atoms with van der Waals surface area (Å²) in [7, 11) is 1.25. The first-order valence-electron chi connectivity index (χ1n) is 4.41. The summed E-state index contributed by atoms with van der Waals surface area (Å²) in [5.74, 6) is -1.38. The fourth-order valence-corrected chi connectivity index (χ4v) is 1.49. The maximum absolute atomic E-state index is 11.3. The number of hydrogen-bond donors (Lipinski definition) is 2. The Kier molecular flexibility index (Phi) is 2.84. The number of allylic oxidation sites excluding steroid dienone is 2. The molecule has 4 nitrogen and oxygen atoms in total. The summed E-state index contributed by atoms with van der Waals surface area (Å²) in [5, 5.41) is 19.1. The van der Waals surface area contributed by atoms with Gasteiger partial charge in [0.25, 0.3) is 0 Å². The summed E-state index contributed by atoms with van der Waals surface area (Å²) in [5.41, 5.74) is 0.139. The SMILES string of the molecule is COC(=O)C1=C(O)C(C)C=C(O)C1C. The summed E-state index contributed by atoms with van der Waals surface area (Å²) < 4.78 is 4.53. The molecule has 0 aromatic carbocycles. The molecule has 0 aromatic rings. The summed E-state index contributed by atoms with van der Waals surface area (Å²) in [4.78, 5) is 11.3. The average molecular weight is 198 g/mol. The van der Waals surface area contributed by atoms with Crippen LogP contribution in [0.3, 0.4) is 0 Å². The molecule has 0 radical (unpaired) electrons. The molecule has 1 rings (SSSR count). The molecule has 14 heavy (non-hydrogen) atoms. The fourth-order valence-electron chi connectivity index (χ4n) is 1.49. The van der Waals surface area contributed by atoms with Gasteiger partial charge in [-0.05, 0) is 6.08 Å². The molecule has 0 aromatic heterocycles. The van der Waals surface area contributed by atoms with Gasteiger partial charge in [-0.2, -0.15) is 0 Å². The van der Waals surface area contributed by atoms with Gasteiger partial charge in [0.15, 0.2) is 0 Å². The van der Waals surface area contributed by atoms with Gasteiger partial charge in [-0.15, -0.1) is 0 Å². The van der Waals surface area contributed by atoms with Gasteiger partial charge in [-0.1, -0.05) is 13.8 Å². The van der Waals surface area contributed by atoms with Gasteiger partial charge in [-0.25, -0.2) is 4.79 Å². The molecule has 1 aliphatic carbocycles. The van der Waals surface area contributed by atoms with Crippen molar-refractivity contribution in [3.63, 3.8) is 0 Å². The smallest absolute Gasteiger partial charge is 0.337 e. The second kappa shape index (κ2) is 3.74. The van der Waals surface area contributed by atoms with Crippen molar-refractivity contribution in [2.24, 2.45) is 11.8 Å². The average Bonchev–Trinajstić information content (AvgIpc) is 2.15. The van der Waals surface area contributed by atoms with Gasteiger partial charge in [0, 0.05) is 11.8 Å². The molecule has 2 N–H and O–H groups in total. The molecule has 0 heterocycles. The molecule has 78 valence electrons. The van der Waals surface area contributed by atoms with Crippen molar-refractivity contribution in [2.45, 2.75) is 13.8 Å². The number of ether oxygens (including phenoxy) is 1. The van der Waals surface area contributed by atoms with Crippen molar-refractivity contribution in [1.29, 1.82) is 0 Å². The van der Waals surface area contributed by atoms with E-state index in [-0.39, 0.29) is 23.0 Å². The molecule has 0 amide bonds. The van der Waals surface area contributed by atoms with E-state index in [9.17, 15) is 15.0 Å². The summed E-state index contributed by atoms with van der Waals surface area (Å²) in [6, 6.07) is 0. The normalized spacial score (nSPS) is 27.2. The zero-order valence-electron chi connectivity index (χ0n) is 8.44. The monoisotopic (exact) mass is 198 g/mol. The van der Waals surface area contributed by atoms with Crippen molar-refractivity contribution in [2.75, 3.05) is 7.11 Å². The predicted octanol–water partition coefficient (Wildman–Crippen LogP) is 1.70. The Bertz CT molecular complexity index is 314. The number of carbonyl (C=O) groups excluding carboxylic acids is 1. The van der Waals surface area contributed by atoms with Crippen LogP contribution in [-0.2, 0) is 9.53 Å². The highest BCUT2D eigenvalue weighted by Crippen LogP contribution is 2.31. The summed E-state index contributed by atoms with van der Waals surface area (Å²) >= 11 is 0. The van der Waals surface area contributed by atoms with E-state index in [0.29, 0.717) is 0 Å². The maximum Gasteiger partial charge on any atom is 0.337 e. The van der Waals surface area contributed by atoms with Crippen LogP contribution in [0.5, 0.6) is 0 Å². The quantitative estimate of drug-likeness (QED) is 0.629. The molecule has 0 saturated carbocycles. The largest absolute Gasteiger partial charge is 0.512 e. The first kappa shape index (κ1) is 10.6. The van der Waals surface area contributed by atoms with Crippen molar-refractivity contribution in [3.05, 3.63) is 23.2 Å². The molecule has 2 unspecified atom stereocenters. The molecule has 0 saturated heterocycles. The number of carbonyl (C=O) groups is 1. The Morgan fingerprint density at radius 3 is 2.50 bits per heavy atom. The minimum Gasteiger partial charge on any atom is -0.512 e. The zero-order chi connectivity index (χ0) is 10.9. The van der Waals surface area contributed by atoms with Gasteiger partial charge in [0.2, 0.25) is 0 Å². The van der Waals surface area contributed by atoms with Crippen molar-refractivity contribution in [3.8, 4) is 0 Å². The minimum atomic E-state index is -0.596. The van der Waals surface area contributed by atoms with E-state index >= 15 is 0 Å². The van der Waals surface area contributed by atoms with Crippen LogP contribution in [0.15, 0.2) is 23.2 Å². The van der Waals surface area contributed by atoms with Gasteiger partial charge in [-0.3, -0.25) is 0 Å². The molecule has 1 aliphatic rings. The van der Waals surface area contributed by atoms with E-state index in [0.717, 1.165) is 0 Å². The van der Waals surface area contributed by atoms with E-state index in [4.69, 9.17) is 0 Å². The number of methoxy groups -OCH3 is 1. The van der Waals surface area contributed by atoms with Crippen LogP contribution in [0, 0.1) is 11.8 Å². The highest BCUT2D eigenvalue weighted by molar-refractivity contribution is 5.90. The van der Waals surface area contributed by atoms with E-state index in [1.54, 1.807) is 13.8 Å². The third-order valence-corrected chi connectivity index (χ3v) is 2.41. The Morgan fingerprint density at radius 1 is 1.43 bits per heavy atom. The van der Waals surface area contributed by atoms with Crippen molar-refractivity contribution in [1.82, 2.24) is 0 Å². The lowest BCUT2D eigenvalue weighted by atomic mass is 9.87. The van der Waals surface area contributed by atoms with E-state index in [1.165, 1.54) is 13.2 Å². The number of esters is 1. The Labute approximate surface area is 82.5 Å². The van der Waals surface area contributed by atoms with E-state index < -0.39 is 11.9 Å². The van der Waals surface area contributed by atoms with Gasteiger partial charge in [0.1, 0.15) is 5.76 Å². The highest BCUT2D eigenvalue weighted by atomic mass is 16.5. The standard InChI is InChI=1S/C10H14O4/c1-5-4-7(11)6(2)8(9(5)12)10(13)14-3/h4-6,11-12H,1-3H3. The molecular weight excluding hydrogens is 184 g/mol. The first-order valence-corrected chi connectivity index (χ1v) is 4.41. The van der Waals surface area contributed by atoms with Crippen molar-refractivity contribution >= 4 is 5.97 Å². The molecule has 2 atom stereocenters. The van der Waals surface area contributed by atoms with Crippen LogP contribution in [0.1, 0.15) is 13.8 Å². The number of hydrogen-bond acceptors (Lipinski definition) is 4. The van der Waals surface area contributed by atoms with Gasteiger partial charge >= 0.3 is 5.97 Å². The fraction of sp³-hybridized carbons (Fsp3) is 0.500. The second-order valence-corrected chi connectivity index (χ2v) is 3.39. The van der Waals surface area contributed by atoms with Crippen LogP contribution in [0.2, 0.25) is 0 Å². The molecule has 0 fully saturated rings. The predicted molar refractivity (Wildman–Crippen MR) is 50.7 cm³/mol. The van der Waals surface area contributed by atoms with Gasteiger partial charge in [0.05, 0.1) is 18.4 Å². The minimum absolute atomic E-state index is 0.0258. The Morgan fingerprint density at radius 2 is 2.00 bits per heavy atom. The highest BCUT2D eigenvalue weighted by Gasteiger charge is 2.31. The lowest BCUT2D eigenvalue weighted by molar-refractivity contribution is -0.137. The van der Waals surface area contributed by atoms with Gasteiger partial charge < -0.3 is 14.9 Å². The third-order valence-electron chi connectivity index (χ3n) is 2.41. The Balaban J connectivity index is 3.11. The summed E-state index contributed by atoms with van der Waals surface area (Å²) in [6.45, 7) is 3.33. The molecular formula is C10H14O4. The van der Waals surface area contributed by atoms with E-state index in [2.05, 4.69) is 4.74 Å². The molecule has 0 bridgehead atoms. The van der Waals surface area contributed by atoms with Crippen LogP contribution in [0.25, 0.3) is 0 Å². The molecule has 0 spiro atoms. The Hall–Kier alpha value is -1.45. The number of rotatable bonds is 1. The number of aliphatic hydroxyl groups is 2. The lowest BCUT2D eigenvalue weighted by Crippen LogP contribution is -2.22. The van der Waals surface area contributed by atoms with Crippen LogP contribution in [0.4, 0.5) is 0 Å². The van der Waals surface area contributed by atoms with Crippen LogP contribution < -0.4 is 0 Å². The zero-order valence-corrected chi connectivity index (χ0v) is 8.44. The topological polar surface area (TPSA) is 66.8 Å². The third kappa shape index (κ3) is 1.60. The molecule has 4 heteroatoms.